The van der Waals surface area contributed by atoms with Gasteiger partial charge in [0.2, 0.25) is 10.0 Å². The molecule has 0 aromatic carbocycles. The molecule has 0 atom stereocenters. The van der Waals surface area contributed by atoms with E-state index in [9.17, 15) is 13.2 Å². The molecule has 0 radical (unpaired) electrons. The Morgan fingerprint density at radius 2 is 2.08 bits per heavy atom. The van der Waals surface area contributed by atoms with Crippen molar-refractivity contribution in [3.8, 4) is 0 Å². The van der Waals surface area contributed by atoms with E-state index in [1.165, 1.54) is 6.08 Å². The van der Waals surface area contributed by atoms with Crippen molar-refractivity contribution >= 4 is 39.1 Å². The summed E-state index contributed by atoms with van der Waals surface area (Å²) in [7, 11) is -3.63. The second-order valence-electron chi connectivity index (χ2n) is 2.22. The summed E-state index contributed by atoms with van der Waals surface area (Å²) in [4.78, 5) is 9.73. The van der Waals surface area contributed by atoms with Gasteiger partial charge in [-0.25, -0.2) is 12.7 Å². The zero-order chi connectivity index (χ0) is 10.6. The van der Waals surface area contributed by atoms with E-state index < -0.39 is 20.8 Å². The van der Waals surface area contributed by atoms with Crippen LogP contribution in [0.25, 0.3) is 0 Å². The van der Waals surface area contributed by atoms with Gasteiger partial charge in [0.25, 0.3) is 5.91 Å². The number of carbonyl (C=O) groups is 1. The lowest BCUT2D eigenvalue weighted by Gasteiger charge is -2.18. The number of amides is 1. The highest BCUT2D eigenvalue weighted by atomic mass is 35.5. The van der Waals surface area contributed by atoms with E-state index in [-0.39, 0.29) is 6.54 Å². The first-order valence-corrected chi connectivity index (χ1v) is 5.93. The second kappa shape index (κ2) is 4.83. The zero-order valence-corrected chi connectivity index (χ0v) is 9.23. The van der Waals surface area contributed by atoms with Crippen molar-refractivity contribution in [1.29, 1.82) is 0 Å². The minimum atomic E-state index is -3.63. The van der Waals surface area contributed by atoms with E-state index in [0.717, 1.165) is 6.26 Å². The van der Waals surface area contributed by atoms with Crippen molar-refractivity contribution in [1.82, 2.24) is 4.31 Å². The molecule has 76 valence electrons. The largest absolute Gasteiger partial charge is 0.271 e. The van der Waals surface area contributed by atoms with Crippen molar-refractivity contribution in [2.24, 2.45) is 0 Å². The van der Waals surface area contributed by atoms with Crippen molar-refractivity contribution in [2.45, 2.75) is 4.84 Å². The van der Waals surface area contributed by atoms with Crippen LogP contribution in [0.3, 0.4) is 0 Å². The predicted molar refractivity (Wildman–Crippen MR) is 52.2 cm³/mol. The van der Waals surface area contributed by atoms with Crippen LogP contribution < -0.4 is 0 Å². The third-order valence-electron chi connectivity index (χ3n) is 1.13. The lowest BCUT2D eigenvalue weighted by atomic mass is 10.6. The molecule has 0 heterocycles. The molecule has 0 bridgehead atoms. The van der Waals surface area contributed by atoms with Gasteiger partial charge in [0, 0.05) is 0 Å². The average molecular weight is 246 g/mol. The van der Waals surface area contributed by atoms with E-state index in [4.69, 9.17) is 23.2 Å². The Labute approximate surface area is 87.2 Å². The number of hydrogen-bond acceptors (Lipinski definition) is 3. The first kappa shape index (κ1) is 12.7. The standard InChI is InChI=1S/C6H9Cl2NO3S/c1-3-4-9(13(2,11)12)6(10)5(7)8/h3,5H,1,4H2,2H3. The van der Waals surface area contributed by atoms with Crippen LogP contribution >= 0.6 is 23.2 Å². The van der Waals surface area contributed by atoms with E-state index >= 15 is 0 Å². The van der Waals surface area contributed by atoms with Gasteiger partial charge in [-0.1, -0.05) is 29.3 Å². The van der Waals surface area contributed by atoms with Crippen molar-refractivity contribution in [3.05, 3.63) is 12.7 Å². The fourth-order valence-electron chi connectivity index (χ4n) is 0.615. The molecule has 0 aliphatic rings. The number of nitrogens with zero attached hydrogens (tertiary/aromatic N) is 1. The minimum Gasteiger partial charge on any atom is -0.271 e. The summed E-state index contributed by atoms with van der Waals surface area (Å²) in [6.45, 7) is 3.18. The van der Waals surface area contributed by atoms with Gasteiger partial charge in [0.15, 0.2) is 4.84 Å². The van der Waals surface area contributed by atoms with Gasteiger partial charge in [0.05, 0.1) is 12.8 Å². The van der Waals surface area contributed by atoms with Gasteiger partial charge in [-0.05, 0) is 0 Å². The monoisotopic (exact) mass is 245 g/mol. The second-order valence-corrected chi connectivity index (χ2v) is 5.22. The van der Waals surface area contributed by atoms with E-state index in [1.807, 2.05) is 0 Å². The summed E-state index contributed by atoms with van der Waals surface area (Å²) < 4.78 is 22.6. The fraction of sp³-hybridized carbons (Fsp3) is 0.500. The van der Waals surface area contributed by atoms with E-state index in [2.05, 4.69) is 6.58 Å². The molecule has 4 nitrogen and oxygen atoms in total. The lowest BCUT2D eigenvalue weighted by Crippen LogP contribution is -2.39. The Morgan fingerprint density at radius 3 is 2.31 bits per heavy atom. The van der Waals surface area contributed by atoms with E-state index in [0.29, 0.717) is 4.31 Å². The van der Waals surface area contributed by atoms with Crippen molar-refractivity contribution in [2.75, 3.05) is 12.8 Å². The Hall–Kier alpha value is -0.260. The third kappa shape index (κ3) is 3.97. The highest BCUT2D eigenvalue weighted by Crippen LogP contribution is 2.10. The molecule has 0 saturated heterocycles. The molecule has 0 aliphatic carbocycles. The molecule has 13 heavy (non-hydrogen) atoms. The molecule has 7 heteroatoms. The van der Waals surface area contributed by atoms with Crippen LogP contribution in [-0.4, -0.2) is 36.3 Å². The Bertz CT molecular complexity index is 299. The van der Waals surface area contributed by atoms with Crippen LogP contribution in [0, 0.1) is 0 Å². The maximum Gasteiger partial charge on any atom is 0.269 e. The number of carbonyl (C=O) groups excluding carboxylic acids is 1. The van der Waals surface area contributed by atoms with Crippen LogP contribution in [0.5, 0.6) is 0 Å². The van der Waals surface area contributed by atoms with Gasteiger partial charge >= 0.3 is 0 Å². The van der Waals surface area contributed by atoms with Gasteiger partial charge in [-0.15, -0.1) is 6.58 Å². The normalized spacial score (nSPS) is 11.4. The van der Waals surface area contributed by atoms with Gasteiger partial charge < -0.3 is 0 Å². The number of hydrogen-bond donors (Lipinski definition) is 0. The summed E-state index contributed by atoms with van der Waals surface area (Å²) in [5.74, 6) is -0.870. The van der Waals surface area contributed by atoms with Crippen LogP contribution in [0.4, 0.5) is 0 Å². The molecule has 0 rings (SSSR count). The topological polar surface area (TPSA) is 54.5 Å². The highest BCUT2D eigenvalue weighted by Gasteiger charge is 2.26. The lowest BCUT2D eigenvalue weighted by molar-refractivity contribution is -0.124. The molecular weight excluding hydrogens is 237 g/mol. The number of halogens is 2. The van der Waals surface area contributed by atoms with Crippen molar-refractivity contribution in [3.63, 3.8) is 0 Å². The Balaban J connectivity index is 4.83. The fourth-order valence-corrected chi connectivity index (χ4v) is 1.77. The molecule has 0 aromatic rings. The van der Waals surface area contributed by atoms with Crippen LogP contribution in [0.15, 0.2) is 12.7 Å². The number of sulfonamides is 1. The van der Waals surface area contributed by atoms with Gasteiger partial charge in [-0.2, -0.15) is 0 Å². The SMILES string of the molecule is C=CCN(C(=O)C(Cl)Cl)S(C)(=O)=O. The molecule has 0 aliphatic heterocycles. The number of alkyl halides is 2. The summed E-state index contributed by atoms with van der Waals surface area (Å²) >= 11 is 10.5. The Kier molecular flexibility index (Phi) is 4.74. The summed E-state index contributed by atoms with van der Waals surface area (Å²) in [6.07, 6.45) is 2.17. The highest BCUT2D eigenvalue weighted by molar-refractivity contribution is 7.88. The quantitative estimate of drug-likeness (QED) is 0.543. The molecule has 0 spiro atoms. The first-order valence-electron chi connectivity index (χ1n) is 3.21. The third-order valence-corrected chi connectivity index (χ3v) is 2.63. The molecule has 0 unspecified atom stereocenters. The molecule has 1 amide bonds. The van der Waals surface area contributed by atoms with Crippen molar-refractivity contribution < 1.29 is 13.2 Å². The van der Waals surface area contributed by atoms with Crippen LogP contribution in [0.2, 0.25) is 0 Å². The summed E-state index contributed by atoms with van der Waals surface area (Å²) in [5, 5.41) is 0. The zero-order valence-electron chi connectivity index (χ0n) is 6.91. The smallest absolute Gasteiger partial charge is 0.269 e. The number of rotatable bonds is 4. The molecular formula is C6H9Cl2NO3S. The maximum absolute atomic E-state index is 11.1. The summed E-state index contributed by atoms with van der Waals surface area (Å²) in [6, 6.07) is 0. The summed E-state index contributed by atoms with van der Waals surface area (Å²) in [5.41, 5.74) is 0. The molecule has 0 fully saturated rings. The minimum absolute atomic E-state index is 0.131. The first-order chi connectivity index (χ1) is 5.80. The molecule has 0 saturated carbocycles. The van der Waals surface area contributed by atoms with Gasteiger partial charge in [0.1, 0.15) is 0 Å². The molecule has 0 N–H and O–H groups in total. The predicted octanol–water partition coefficient (Wildman–Crippen LogP) is 0.764. The van der Waals surface area contributed by atoms with Gasteiger partial charge in [-0.3, -0.25) is 4.79 Å². The van der Waals surface area contributed by atoms with Crippen LogP contribution in [-0.2, 0) is 14.8 Å². The molecule has 0 aromatic heterocycles. The average Bonchev–Trinajstić information content (AvgIpc) is 1.96. The Morgan fingerprint density at radius 1 is 1.62 bits per heavy atom. The van der Waals surface area contributed by atoms with E-state index in [1.54, 1.807) is 0 Å². The maximum atomic E-state index is 11.1. The van der Waals surface area contributed by atoms with Crippen LogP contribution in [0.1, 0.15) is 0 Å².